The number of nitrogens with zero attached hydrogens (tertiary/aromatic N) is 1. The minimum atomic E-state index is -3.66. The van der Waals surface area contributed by atoms with Gasteiger partial charge in [0.15, 0.2) is 0 Å². The lowest BCUT2D eigenvalue weighted by molar-refractivity contribution is -0.126. The van der Waals surface area contributed by atoms with Crippen LogP contribution in [0.15, 0.2) is 53.4 Å². The van der Waals surface area contributed by atoms with Crippen molar-refractivity contribution < 1.29 is 13.2 Å². The Labute approximate surface area is 181 Å². The number of H-pyrrole nitrogens is 1. The third kappa shape index (κ3) is 4.50. The van der Waals surface area contributed by atoms with Crippen LogP contribution >= 0.6 is 0 Å². The van der Waals surface area contributed by atoms with Gasteiger partial charge in [0, 0.05) is 23.6 Å². The molecular formula is C23H26N4O3S. The Kier molecular flexibility index (Phi) is 5.27. The number of benzene rings is 2. The normalized spacial score (nSPS) is 21.8. The first kappa shape index (κ1) is 20.2. The molecule has 7 nitrogen and oxygen atoms in total. The van der Waals surface area contributed by atoms with Gasteiger partial charge in [-0.2, -0.15) is 0 Å². The van der Waals surface area contributed by atoms with E-state index < -0.39 is 10.0 Å². The Morgan fingerprint density at radius 3 is 2.35 bits per heavy atom. The van der Waals surface area contributed by atoms with Crippen LogP contribution in [0.25, 0.3) is 22.4 Å². The molecule has 2 aromatic carbocycles. The van der Waals surface area contributed by atoms with E-state index in [2.05, 4.69) is 20.0 Å². The summed E-state index contributed by atoms with van der Waals surface area (Å²) in [6.45, 7) is 0. The fourth-order valence-corrected chi connectivity index (χ4v) is 5.52. The second kappa shape index (κ2) is 8.09. The monoisotopic (exact) mass is 438 g/mol. The van der Waals surface area contributed by atoms with Crippen LogP contribution < -0.4 is 10.0 Å². The Morgan fingerprint density at radius 2 is 1.65 bits per heavy atom. The summed E-state index contributed by atoms with van der Waals surface area (Å²) in [7, 11) is -3.66. The van der Waals surface area contributed by atoms with Crippen molar-refractivity contribution in [2.24, 2.45) is 5.92 Å². The van der Waals surface area contributed by atoms with E-state index in [0.29, 0.717) is 43.1 Å². The number of carbonyl (C=O) groups is 1. The number of hydrogen-bond acceptors (Lipinski definition) is 4. The van der Waals surface area contributed by atoms with Crippen molar-refractivity contribution in [1.82, 2.24) is 20.0 Å². The number of aromatic amines is 1. The number of fused-ring (bicyclic) bond motifs is 1. The fourth-order valence-electron chi connectivity index (χ4n) is 4.19. The van der Waals surface area contributed by atoms with Crippen molar-refractivity contribution >= 4 is 27.0 Å². The summed E-state index contributed by atoms with van der Waals surface area (Å²) >= 11 is 0. The molecule has 0 aliphatic heterocycles. The average molecular weight is 439 g/mol. The molecule has 3 N–H and O–H groups in total. The van der Waals surface area contributed by atoms with Gasteiger partial charge in [0.05, 0.1) is 15.9 Å². The molecule has 0 spiro atoms. The van der Waals surface area contributed by atoms with Crippen LogP contribution in [0.2, 0.25) is 0 Å². The van der Waals surface area contributed by atoms with E-state index in [1.54, 1.807) is 18.2 Å². The van der Waals surface area contributed by atoms with Gasteiger partial charge >= 0.3 is 0 Å². The molecule has 5 rings (SSSR count). The second-order valence-corrected chi connectivity index (χ2v) is 10.3. The number of nitrogens with one attached hydrogen (secondary N) is 3. The van der Waals surface area contributed by atoms with Gasteiger partial charge in [-0.1, -0.05) is 30.3 Å². The highest BCUT2D eigenvalue weighted by atomic mass is 32.2. The van der Waals surface area contributed by atoms with Crippen molar-refractivity contribution in [3.8, 4) is 11.4 Å². The molecule has 2 saturated carbocycles. The molecule has 2 aliphatic rings. The fraction of sp³-hybridized carbons (Fsp3) is 0.391. The lowest BCUT2D eigenvalue weighted by Crippen LogP contribution is -2.41. The molecule has 8 heteroatoms. The highest BCUT2D eigenvalue weighted by Crippen LogP contribution is 2.28. The summed E-state index contributed by atoms with van der Waals surface area (Å²) in [6, 6.07) is 14.9. The molecule has 0 bridgehead atoms. The van der Waals surface area contributed by atoms with Gasteiger partial charge in [0.1, 0.15) is 5.82 Å². The lowest BCUT2D eigenvalue weighted by Gasteiger charge is -2.28. The molecule has 0 unspecified atom stereocenters. The molecule has 1 heterocycles. The molecule has 3 aromatic rings. The first-order valence-corrected chi connectivity index (χ1v) is 12.3. The van der Waals surface area contributed by atoms with Gasteiger partial charge in [-0.05, 0) is 56.7 Å². The van der Waals surface area contributed by atoms with Gasteiger partial charge in [-0.25, -0.2) is 18.1 Å². The summed E-state index contributed by atoms with van der Waals surface area (Å²) in [5.41, 5.74) is 2.35. The maximum Gasteiger partial charge on any atom is 0.240 e. The van der Waals surface area contributed by atoms with Gasteiger partial charge in [0.2, 0.25) is 15.9 Å². The van der Waals surface area contributed by atoms with Crippen LogP contribution in [-0.2, 0) is 14.8 Å². The number of hydrogen-bond donors (Lipinski definition) is 3. The van der Waals surface area contributed by atoms with Crippen molar-refractivity contribution in [3.63, 3.8) is 0 Å². The zero-order valence-electron chi connectivity index (χ0n) is 17.2. The second-order valence-electron chi connectivity index (χ2n) is 8.58. The highest BCUT2D eigenvalue weighted by molar-refractivity contribution is 7.89. The van der Waals surface area contributed by atoms with Crippen LogP contribution in [0.1, 0.15) is 38.5 Å². The number of carbonyl (C=O) groups excluding carboxylic acids is 1. The van der Waals surface area contributed by atoms with Crippen LogP contribution in [0, 0.1) is 5.92 Å². The molecule has 2 aliphatic carbocycles. The van der Waals surface area contributed by atoms with E-state index in [0.717, 1.165) is 23.9 Å². The molecule has 162 valence electrons. The van der Waals surface area contributed by atoms with E-state index in [1.807, 2.05) is 30.3 Å². The van der Waals surface area contributed by atoms with Crippen molar-refractivity contribution in [2.45, 2.75) is 55.5 Å². The maximum atomic E-state index is 13.0. The summed E-state index contributed by atoms with van der Waals surface area (Å²) in [5, 5.41) is 3.06. The Hall–Kier alpha value is -2.71. The minimum Gasteiger partial charge on any atom is -0.353 e. The summed E-state index contributed by atoms with van der Waals surface area (Å²) in [5.74, 6) is 0.834. The first-order valence-electron chi connectivity index (χ1n) is 10.9. The number of aromatic nitrogens is 2. The predicted molar refractivity (Wildman–Crippen MR) is 119 cm³/mol. The van der Waals surface area contributed by atoms with Crippen molar-refractivity contribution in [2.75, 3.05) is 0 Å². The minimum absolute atomic E-state index is 0.00170. The van der Waals surface area contributed by atoms with Gasteiger partial charge in [-0.15, -0.1) is 0 Å². The Morgan fingerprint density at radius 1 is 0.935 bits per heavy atom. The van der Waals surface area contributed by atoms with Crippen molar-refractivity contribution in [3.05, 3.63) is 48.5 Å². The topological polar surface area (TPSA) is 104 Å². The van der Waals surface area contributed by atoms with Crippen LogP contribution in [0.5, 0.6) is 0 Å². The molecule has 1 amide bonds. The number of rotatable bonds is 6. The summed E-state index contributed by atoms with van der Waals surface area (Å²) in [4.78, 5) is 20.2. The van der Waals surface area contributed by atoms with E-state index in [9.17, 15) is 13.2 Å². The standard InChI is InChI=1S/C23H26N4O3S/c28-23(24-17-10-11-17)16-6-8-18(9-7-16)27-31(29,30)19-12-13-20-21(14-19)26-22(25-20)15-4-2-1-3-5-15/h1-5,12-14,16-18,27H,6-11H2,(H,24,28)(H,25,26)/t16-,18-. The van der Waals surface area contributed by atoms with Crippen LogP contribution in [-0.4, -0.2) is 36.4 Å². The zero-order valence-corrected chi connectivity index (χ0v) is 18.0. The molecule has 0 saturated heterocycles. The van der Waals surface area contributed by atoms with Gasteiger partial charge < -0.3 is 10.3 Å². The lowest BCUT2D eigenvalue weighted by atomic mass is 9.86. The number of sulfonamides is 1. The van der Waals surface area contributed by atoms with E-state index >= 15 is 0 Å². The van der Waals surface area contributed by atoms with Gasteiger partial charge in [-0.3, -0.25) is 4.79 Å². The third-order valence-corrected chi connectivity index (χ3v) is 7.67. The van der Waals surface area contributed by atoms with E-state index in [4.69, 9.17) is 0 Å². The van der Waals surface area contributed by atoms with Crippen LogP contribution in [0.4, 0.5) is 0 Å². The Bertz CT molecular complexity index is 1190. The first-order chi connectivity index (χ1) is 15.0. The summed E-state index contributed by atoms with van der Waals surface area (Å²) in [6.07, 6.45) is 4.92. The third-order valence-electron chi connectivity index (χ3n) is 6.16. The number of amides is 1. The SMILES string of the molecule is O=C(NC1CC1)[C@H]1CC[C@H](NS(=O)(=O)c2ccc3[nH]c(-c4ccccc4)nc3c2)CC1. The molecule has 0 atom stereocenters. The quantitative estimate of drug-likeness (QED) is 0.549. The number of imidazole rings is 1. The predicted octanol–water partition coefficient (Wildman–Crippen LogP) is 3.35. The Balaban J connectivity index is 1.26. The van der Waals surface area contributed by atoms with Crippen molar-refractivity contribution in [1.29, 1.82) is 0 Å². The largest absolute Gasteiger partial charge is 0.353 e. The highest BCUT2D eigenvalue weighted by Gasteiger charge is 2.32. The zero-order chi connectivity index (χ0) is 21.4. The molecular weight excluding hydrogens is 412 g/mol. The summed E-state index contributed by atoms with van der Waals surface area (Å²) < 4.78 is 28.8. The molecule has 31 heavy (non-hydrogen) atoms. The smallest absolute Gasteiger partial charge is 0.240 e. The molecule has 2 fully saturated rings. The molecule has 0 radical (unpaired) electrons. The van der Waals surface area contributed by atoms with E-state index in [1.165, 1.54) is 0 Å². The van der Waals surface area contributed by atoms with E-state index in [-0.39, 0.29) is 22.8 Å². The van der Waals surface area contributed by atoms with Crippen LogP contribution in [0.3, 0.4) is 0 Å². The average Bonchev–Trinajstić information content (AvgIpc) is 3.48. The van der Waals surface area contributed by atoms with Gasteiger partial charge in [0.25, 0.3) is 0 Å². The maximum absolute atomic E-state index is 13.0. The molecule has 1 aromatic heterocycles.